The molecule has 3 fully saturated rings. The quantitative estimate of drug-likeness (QED) is 0.514. The molecule has 0 bridgehead atoms. The van der Waals surface area contributed by atoms with E-state index in [0.717, 1.165) is 44.9 Å². The van der Waals surface area contributed by atoms with Crippen molar-refractivity contribution in [3.8, 4) is 0 Å². The van der Waals surface area contributed by atoms with Gasteiger partial charge in [0.15, 0.2) is 5.78 Å². The zero-order valence-electron chi connectivity index (χ0n) is 21.6. The molecule has 35 heavy (non-hydrogen) atoms. The number of aliphatic carboxylic acids is 1. The van der Waals surface area contributed by atoms with Crippen LogP contribution in [0.5, 0.6) is 0 Å². The maximum absolute atomic E-state index is 12.7. The Morgan fingerprint density at radius 3 is 2.49 bits per heavy atom. The molecule has 0 aromatic rings. The summed E-state index contributed by atoms with van der Waals surface area (Å²) in [6, 6.07) is -0.960. The van der Waals surface area contributed by atoms with E-state index < -0.39 is 17.9 Å². The van der Waals surface area contributed by atoms with E-state index in [9.17, 15) is 24.3 Å². The molecule has 194 valence electrons. The monoisotopic (exact) mass is 487 g/mol. The molecule has 4 aliphatic rings. The van der Waals surface area contributed by atoms with E-state index in [1.165, 1.54) is 5.57 Å². The summed E-state index contributed by atoms with van der Waals surface area (Å²) >= 11 is 0. The Bertz CT molecular complexity index is 924. The van der Waals surface area contributed by atoms with Gasteiger partial charge in [-0.15, -0.1) is 0 Å². The molecule has 0 radical (unpaired) electrons. The lowest BCUT2D eigenvalue weighted by Crippen LogP contribution is -2.51. The van der Waals surface area contributed by atoms with Crippen LogP contribution in [0.3, 0.4) is 0 Å². The molecule has 0 aromatic heterocycles. The fourth-order valence-corrected chi connectivity index (χ4v) is 7.90. The number of allylic oxidation sites excluding steroid dienone is 1. The maximum atomic E-state index is 12.7. The van der Waals surface area contributed by atoms with Crippen molar-refractivity contribution in [1.29, 1.82) is 0 Å². The zero-order valence-corrected chi connectivity index (χ0v) is 21.6. The van der Waals surface area contributed by atoms with Crippen molar-refractivity contribution in [3.63, 3.8) is 0 Å². The highest BCUT2D eigenvalue weighted by Gasteiger charge is 2.59. The zero-order chi connectivity index (χ0) is 25.5. The third-order valence-corrected chi connectivity index (χ3v) is 9.95. The lowest BCUT2D eigenvalue weighted by molar-refractivity contribution is -0.160. The van der Waals surface area contributed by atoms with Crippen LogP contribution in [0, 0.1) is 34.5 Å². The minimum atomic E-state index is -1.07. The van der Waals surface area contributed by atoms with Crippen LogP contribution in [-0.2, 0) is 23.9 Å². The van der Waals surface area contributed by atoms with Crippen LogP contribution < -0.4 is 5.32 Å². The van der Waals surface area contributed by atoms with E-state index in [-0.39, 0.29) is 47.4 Å². The average molecular weight is 488 g/mol. The number of carboxylic acid groups (broad SMARTS) is 1. The fourth-order valence-electron chi connectivity index (χ4n) is 7.90. The molecular formula is C28H41NO6. The summed E-state index contributed by atoms with van der Waals surface area (Å²) in [5.74, 6) is -0.146. The lowest BCUT2D eigenvalue weighted by Gasteiger charge is -2.57. The van der Waals surface area contributed by atoms with E-state index in [2.05, 4.69) is 19.2 Å². The second-order valence-corrected chi connectivity index (χ2v) is 12.2. The number of esters is 1. The Labute approximate surface area is 208 Å². The van der Waals surface area contributed by atoms with Gasteiger partial charge in [0.25, 0.3) is 0 Å². The van der Waals surface area contributed by atoms with E-state index >= 15 is 0 Å². The van der Waals surface area contributed by atoms with Crippen molar-refractivity contribution in [2.45, 2.75) is 104 Å². The Balaban J connectivity index is 1.35. The second kappa shape index (κ2) is 9.70. The summed E-state index contributed by atoms with van der Waals surface area (Å²) in [7, 11) is 0. The van der Waals surface area contributed by atoms with Crippen molar-refractivity contribution in [3.05, 3.63) is 11.6 Å². The molecule has 0 heterocycles. The molecule has 1 amide bonds. The van der Waals surface area contributed by atoms with Crippen LogP contribution in [0.2, 0.25) is 0 Å². The molecule has 3 saturated carbocycles. The first-order valence-electron chi connectivity index (χ1n) is 13.4. The summed E-state index contributed by atoms with van der Waals surface area (Å²) in [6.45, 7) is 8.12. The van der Waals surface area contributed by atoms with Gasteiger partial charge < -0.3 is 15.2 Å². The van der Waals surface area contributed by atoms with E-state index in [4.69, 9.17) is 4.74 Å². The number of ketones is 1. The van der Waals surface area contributed by atoms with Gasteiger partial charge in [0.05, 0.1) is 6.42 Å². The fraction of sp³-hybridized carbons (Fsp3) is 0.786. The minimum absolute atomic E-state index is 0.0418. The van der Waals surface area contributed by atoms with Gasteiger partial charge in [-0.2, -0.15) is 0 Å². The SMILES string of the molecule is CC(C)[C@@H](NC(=O)CCC(=O)O[C@@H]1CC[C@H]2[C@@H]3CCC4=CC(=O)CC[C@]4(C)[C@H]3CC[C@]12C)C(=O)O. The number of fused-ring (bicyclic) bond motifs is 5. The largest absolute Gasteiger partial charge is 0.480 e. The molecule has 7 atom stereocenters. The van der Waals surface area contributed by atoms with Gasteiger partial charge in [0.2, 0.25) is 5.91 Å². The molecule has 4 aliphatic carbocycles. The third kappa shape index (κ3) is 4.79. The number of ether oxygens (including phenoxy) is 1. The standard InChI is InChI=1S/C28H41NO6/c1-16(2)25(26(33)34)29-23(31)9-10-24(32)35-22-8-7-20-19-6-5-17-15-18(30)11-13-27(17,3)21(19)12-14-28(20,22)4/h15-16,19-22,25H,5-14H2,1-4H3,(H,29,31)(H,33,34)/t19-,20-,21-,22+,25+,27-,28-/m0/s1. The molecule has 7 heteroatoms. The molecule has 0 saturated heterocycles. The summed E-state index contributed by atoms with van der Waals surface area (Å²) in [5.41, 5.74) is 1.44. The Hall–Kier alpha value is -2.18. The first-order chi connectivity index (χ1) is 16.5. The average Bonchev–Trinajstić information content (AvgIpc) is 3.12. The van der Waals surface area contributed by atoms with Gasteiger partial charge in [-0.05, 0) is 80.1 Å². The number of carbonyl (C=O) groups is 4. The number of hydrogen-bond acceptors (Lipinski definition) is 5. The van der Waals surface area contributed by atoms with Crippen LogP contribution in [0.15, 0.2) is 11.6 Å². The van der Waals surface area contributed by atoms with Gasteiger partial charge >= 0.3 is 11.9 Å². The molecule has 4 rings (SSSR count). The Kier molecular flexibility index (Phi) is 7.18. The number of carboxylic acids is 1. The van der Waals surface area contributed by atoms with Gasteiger partial charge in [-0.3, -0.25) is 14.4 Å². The van der Waals surface area contributed by atoms with E-state index in [0.29, 0.717) is 24.2 Å². The molecule has 0 aromatic carbocycles. The molecule has 2 N–H and O–H groups in total. The number of carbonyl (C=O) groups excluding carboxylic acids is 3. The van der Waals surface area contributed by atoms with E-state index in [1.807, 2.05) is 6.08 Å². The van der Waals surface area contributed by atoms with Gasteiger partial charge in [0.1, 0.15) is 12.1 Å². The van der Waals surface area contributed by atoms with Crippen molar-refractivity contribution in [2.75, 3.05) is 0 Å². The lowest BCUT2D eigenvalue weighted by atomic mass is 9.47. The predicted molar refractivity (Wildman–Crippen MR) is 130 cm³/mol. The molecule has 7 nitrogen and oxygen atoms in total. The molecule has 0 aliphatic heterocycles. The Morgan fingerprint density at radius 2 is 1.80 bits per heavy atom. The summed E-state index contributed by atoms with van der Waals surface area (Å²) in [5, 5.41) is 11.8. The van der Waals surface area contributed by atoms with Gasteiger partial charge in [-0.25, -0.2) is 4.79 Å². The highest BCUT2D eigenvalue weighted by atomic mass is 16.5. The van der Waals surface area contributed by atoms with Gasteiger partial charge in [-0.1, -0.05) is 33.3 Å². The molecular weight excluding hydrogens is 446 g/mol. The summed E-state index contributed by atoms with van der Waals surface area (Å²) in [4.78, 5) is 48.2. The topological polar surface area (TPSA) is 110 Å². The van der Waals surface area contributed by atoms with Crippen molar-refractivity contribution in [2.24, 2.45) is 34.5 Å². The van der Waals surface area contributed by atoms with Crippen LogP contribution >= 0.6 is 0 Å². The highest BCUT2D eigenvalue weighted by Crippen LogP contribution is 2.65. The first-order valence-corrected chi connectivity index (χ1v) is 13.4. The van der Waals surface area contributed by atoms with Crippen molar-refractivity contribution >= 4 is 23.6 Å². The smallest absolute Gasteiger partial charge is 0.326 e. The molecule has 0 spiro atoms. The predicted octanol–water partition coefficient (Wildman–Crippen LogP) is 4.44. The van der Waals surface area contributed by atoms with Crippen LogP contribution in [0.1, 0.15) is 91.9 Å². The van der Waals surface area contributed by atoms with Crippen LogP contribution in [-0.4, -0.2) is 40.9 Å². The van der Waals surface area contributed by atoms with Gasteiger partial charge in [0, 0.05) is 18.3 Å². The number of hydrogen-bond donors (Lipinski definition) is 2. The molecule has 0 unspecified atom stereocenters. The normalized spacial score (nSPS) is 36.9. The summed E-state index contributed by atoms with van der Waals surface area (Å²) in [6.07, 6.45) is 9.44. The number of nitrogens with one attached hydrogen (secondary N) is 1. The van der Waals surface area contributed by atoms with E-state index in [1.54, 1.807) is 13.8 Å². The summed E-state index contributed by atoms with van der Waals surface area (Å²) < 4.78 is 5.97. The third-order valence-electron chi connectivity index (χ3n) is 9.95. The maximum Gasteiger partial charge on any atom is 0.326 e. The highest BCUT2D eigenvalue weighted by molar-refractivity contribution is 5.91. The number of amides is 1. The van der Waals surface area contributed by atoms with Crippen molar-refractivity contribution < 1.29 is 29.0 Å². The first kappa shape index (κ1) is 25.9. The van der Waals surface area contributed by atoms with Crippen molar-refractivity contribution in [1.82, 2.24) is 5.32 Å². The minimum Gasteiger partial charge on any atom is -0.480 e. The van der Waals surface area contributed by atoms with Crippen LogP contribution in [0.25, 0.3) is 0 Å². The second-order valence-electron chi connectivity index (χ2n) is 12.2. The van der Waals surface area contributed by atoms with Crippen LogP contribution in [0.4, 0.5) is 0 Å². The number of rotatable bonds is 7. The Morgan fingerprint density at radius 1 is 1.06 bits per heavy atom.